The standard InChI is InChI=1S/C20H22N2O4/c1-14-5-3-7-16(13-14)26-20(19(24)25)9-11-22(12-10-20)18(23)17-8-4-6-15(2)21-17/h3-8,13H,9-12H2,1-2H3,(H,24,25). The van der Waals surface area contributed by atoms with Crippen LogP contribution in [0.2, 0.25) is 0 Å². The van der Waals surface area contributed by atoms with Crippen LogP contribution in [0.4, 0.5) is 0 Å². The molecule has 1 fully saturated rings. The Hall–Kier alpha value is -2.89. The first-order valence-corrected chi connectivity index (χ1v) is 8.62. The maximum atomic E-state index is 12.6. The predicted octanol–water partition coefficient (Wildman–Crippen LogP) is 2.84. The molecule has 0 unspecified atom stereocenters. The van der Waals surface area contributed by atoms with Crippen molar-refractivity contribution in [2.75, 3.05) is 13.1 Å². The highest BCUT2D eigenvalue weighted by Gasteiger charge is 2.45. The van der Waals surface area contributed by atoms with Gasteiger partial charge in [-0.1, -0.05) is 18.2 Å². The van der Waals surface area contributed by atoms with E-state index in [9.17, 15) is 14.7 Å². The zero-order chi connectivity index (χ0) is 18.7. The first-order chi connectivity index (χ1) is 12.4. The Kier molecular flexibility index (Phi) is 4.93. The largest absolute Gasteiger partial charge is 0.478 e. The number of carboxylic acid groups (broad SMARTS) is 1. The summed E-state index contributed by atoms with van der Waals surface area (Å²) < 4.78 is 5.88. The quantitative estimate of drug-likeness (QED) is 0.913. The van der Waals surface area contributed by atoms with E-state index in [1.54, 1.807) is 23.1 Å². The molecule has 1 aliphatic rings. The number of rotatable bonds is 4. The molecule has 3 rings (SSSR count). The number of hydrogen-bond acceptors (Lipinski definition) is 4. The number of hydrogen-bond donors (Lipinski definition) is 1. The molecule has 2 aromatic rings. The van der Waals surface area contributed by atoms with Crippen molar-refractivity contribution >= 4 is 11.9 Å². The fourth-order valence-electron chi connectivity index (χ4n) is 3.16. The molecule has 1 saturated heterocycles. The van der Waals surface area contributed by atoms with Crippen molar-refractivity contribution in [2.24, 2.45) is 0 Å². The molecular weight excluding hydrogens is 332 g/mol. The van der Waals surface area contributed by atoms with E-state index in [-0.39, 0.29) is 18.7 Å². The van der Waals surface area contributed by atoms with Crippen molar-refractivity contribution in [3.63, 3.8) is 0 Å². The molecule has 2 heterocycles. The van der Waals surface area contributed by atoms with Gasteiger partial charge in [0, 0.05) is 31.6 Å². The first-order valence-electron chi connectivity index (χ1n) is 8.62. The lowest BCUT2D eigenvalue weighted by Gasteiger charge is -2.38. The summed E-state index contributed by atoms with van der Waals surface area (Å²) in [5, 5.41) is 9.76. The SMILES string of the molecule is Cc1cccc(OC2(C(=O)O)CCN(C(=O)c3cccc(C)n3)CC2)c1. The number of carbonyl (C=O) groups is 2. The van der Waals surface area contributed by atoms with Crippen LogP contribution in [0.3, 0.4) is 0 Å². The highest BCUT2D eigenvalue weighted by molar-refractivity contribution is 5.92. The number of carbonyl (C=O) groups excluding carboxylic acids is 1. The summed E-state index contributed by atoms with van der Waals surface area (Å²) >= 11 is 0. The van der Waals surface area contributed by atoms with Gasteiger partial charge in [-0.05, 0) is 43.7 Å². The number of aliphatic carboxylic acids is 1. The highest BCUT2D eigenvalue weighted by Crippen LogP contribution is 2.30. The van der Waals surface area contributed by atoms with Gasteiger partial charge in [-0.15, -0.1) is 0 Å². The van der Waals surface area contributed by atoms with Crippen molar-refractivity contribution in [1.82, 2.24) is 9.88 Å². The lowest BCUT2D eigenvalue weighted by Crippen LogP contribution is -2.54. The van der Waals surface area contributed by atoms with Crippen molar-refractivity contribution in [1.29, 1.82) is 0 Å². The number of benzene rings is 1. The molecule has 1 amide bonds. The predicted molar refractivity (Wildman–Crippen MR) is 96.3 cm³/mol. The molecule has 0 aliphatic carbocycles. The van der Waals surface area contributed by atoms with Crippen LogP contribution in [0, 0.1) is 13.8 Å². The molecule has 1 aromatic carbocycles. The lowest BCUT2D eigenvalue weighted by atomic mass is 9.90. The molecule has 1 aromatic heterocycles. The summed E-state index contributed by atoms with van der Waals surface area (Å²) in [7, 11) is 0. The van der Waals surface area contributed by atoms with Gasteiger partial charge in [0.25, 0.3) is 5.91 Å². The summed E-state index contributed by atoms with van der Waals surface area (Å²) in [6, 6.07) is 12.6. The number of amides is 1. The van der Waals surface area contributed by atoms with E-state index in [0.717, 1.165) is 11.3 Å². The van der Waals surface area contributed by atoms with Gasteiger partial charge < -0.3 is 14.7 Å². The number of aromatic nitrogens is 1. The molecule has 1 N–H and O–H groups in total. The average molecular weight is 354 g/mol. The van der Waals surface area contributed by atoms with Gasteiger partial charge in [-0.3, -0.25) is 4.79 Å². The van der Waals surface area contributed by atoms with E-state index in [0.29, 0.717) is 24.5 Å². The van der Waals surface area contributed by atoms with Gasteiger partial charge in [0.05, 0.1) is 0 Å². The van der Waals surface area contributed by atoms with E-state index >= 15 is 0 Å². The topological polar surface area (TPSA) is 79.7 Å². The summed E-state index contributed by atoms with van der Waals surface area (Å²) in [4.78, 5) is 30.4. The maximum absolute atomic E-state index is 12.6. The average Bonchev–Trinajstić information content (AvgIpc) is 2.61. The van der Waals surface area contributed by atoms with Crippen LogP contribution in [0.25, 0.3) is 0 Å². The second-order valence-corrected chi connectivity index (χ2v) is 6.67. The fourth-order valence-corrected chi connectivity index (χ4v) is 3.16. The van der Waals surface area contributed by atoms with Crippen LogP contribution in [0.15, 0.2) is 42.5 Å². The van der Waals surface area contributed by atoms with E-state index in [2.05, 4.69) is 4.98 Å². The Labute approximate surface area is 152 Å². The summed E-state index contributed by atoms with van der Waals surface area (Å²) in [6.07, 6.45) is 0.460. The van der Waals surface area contributed by atoms with Gasteiger partial charge in [-0.2, -0.15) is 0 Å². The van der Waals surface area contributed by atoms with E-state index in [1.807, 2.05) is 38.1 Å². The molecule has 0 bridgehead atoms. The Morgan fingerprint density at radius 1 is 1.12 bits per heavy atom. The van der Waals surface area contributed by atoms with Gasteiger partial charge in [0.2, 0.25) is 5.60 Å². The number of carboxylic acids is 1. The third-order valence-corrected chi connectivity index (χ3v) is 4.66. The Morgan fingerprint density at radius 3 is 2.42 bits per heavy atom. The van der Waals surface area contributed by atoms with Crippen molar-refractivity contribution in [3.05, 3.63) is 59.4 Å². The van der Waals surface area contributed by atoms with E-state index in [1.165, 1.54) is 0 Å². The van der Waals surface area contributed by atoms with Crippen LogP contribution < -0.4 is 4.74 Å². The van der Waals surface area contributed by atoms with E-state index < -0.39 is 11.6 Å². The minimum atomic E-state index is -1.31. The lowest BCUT2D eigenvalue weighted by molar-refractivity contribution is -0.159. The number of pyridine rings is 1. The second-order valence-electron chi connectivity index (χ2n) is 6.67. The first kappa shape index (κ1) is 17.9. The number of aryl methyl sites for hydroxylation is 2. The van der Waals surface area contributed by atoms with Crippen LogP contribution in [-0.4, -0.2) is 45.6 Å². The van der Waals surface area contributed by atoms with Gasteiger partial charge in [-0.25, -0.2) is 9.78 Å². The molecule has 1 aliphatic heterocycles. The van der Waals surface area contributed by atoms with Crippen LogP contribution in [0.5, 0.6) is 5.75 Å². The monoisotopic (exact) mass is 354 g/mol. The molecule has 136 valence electrons. The third-order valence-electron chi connectivity index (χ3n) is 4.66. The number of piperidine rings is 1. The molecule has 6 heteroatoms. The fraction of sp³-hybridized carbons (Fsp3) is 0.350. The van der Waals surface area contributed by atoms with Crippen LogP contribution >= 0.6 is 0 Å². The zero-order valence-electron chi connectivity index (χ0n) is 14.9. The van der Waals surface area contributed by atoms with E-state index in [4.69, 9.17) is 4.74 Å². The Bertz CT molecular complexity index is 826. The molecular formula is C20H22N2O4. The molecule has 6 nitrogen and oxygen atoms in total. The van der Waals surface area contributed by atoms with Gasteiger partial charge in [0.1, 0.15) is 11.4 Å². The molecule has 0 saturated carbocycles. The molecule has 26 heavy (non-hydrogen) atoms. The molecule has 0 radical (unpaired) electrons. The normalized spacial score (nSPS) is 16.2. The van der Waals surface area contributed by atoms with Gasteiger partial charge in [0.15, 0.2) is 0 Å². The zero-order valence-corrected chi connectivity index (χ0v) is 14.9. The summed E-state index contributed by atoms with van der Waals surface area (Å²) in [6.45, 7) is 4.38. The third kappa shape index (κ3) is 3.69. The summed E-state index contributed by atoms with van der Waals surface area (Å²) in [5.41, 5.74) is 0.842. The number of likely N-dealkylation sites (tertiary alicyclic amines) is 1. The smallest absolute Gasteiger partial charge is 0.348 e. The van der Waals surface area contributed by atoms with Crippen molar-refractivity contribution in [2.45, 2.75) is 32.3 Å². The van der Waals surface area contributed by atoms with Crippen molar-refractivity contribution < 1.29 is 19.4 Å². The Morgan fingerprint density at radius 2 is 1.81 bits per heavy atom. The van der Waals surface area contributed by atoms with Crippen molar-refractivity contribution in [3.8, 4) is 5.75 Å². The molecule has 0 spiro atoms. The minimum absolute atomic E-state index is 0.178. The minimum Gasteiger partial charge on any atom is -0.478 e. The second kappa shape index (κ2) is 7.15. The number of nitrogens with zero attached hydrogens (tertiary/aromatic N) is 2. The Balaban J connectivity index is 1.73. The highest BCUT2D eigenvalue weighted by atomic mass is 16.5. The number of ether oxygens (including phenoxy) is 1. The van der Waals surface area contributed by atoms with Gasteiger partial charge >= 0.3 is 5.97 Å². The maximum Gasteiger partial charge on any atom is 0.348 e. The summed E-state index contributed by atoms with van der Waals surface area (Å²) in [5.74, 6) is -0.643. The molecule has 0 atom stereocenters. The van der Waals surface area contributed by atoms with Crippen LogP contribution in [-0.2, 0) is 4.79 Å². The van der Waals surface area contributed by atoms with Crippen LogP contribution in [0.1, 0.15) is 34.6 Å².